The van der Waals surface area contributed by atoms with E-state index in [1.807, 2.05) is 43.6 Å². The Morgan fingerprint density at radius 1 is 0.854 bits per heavy atom. The van der Waals surface area contributed by atoms with Crippen LogP contribution in [0, 0.1) is 27.4 Å². The van der Waals surface area contributed by atoms with Crippen molar-refractivity contribution >= 4 is 66.9 Å². The number of piperazine rings is 1. The first kappa shape index (κ1) is 60.7. The number of morpholine rings is 1. The first-order valence-corrected chi connectivity index (χ1v) is 33.7. The minimum absolute atomic E-state index is 0.111. The minimum atomic E-state index is -4.65. The summed E-state index contributed by atoms with van der Waals surface area (Å²) < 4.78 is 55.1. The second kappa shape index (κ2) is 25.2. The molecule has 1 spiro atoms. The van der Waals surface area contributed by atoms with E-state index in [4.69, 9.17) is 28.9 Å². The molecule has 0 bridgehead atoms. The number of nitrogens with zero attached hydrogens (tertiary/aromatic N) is 8. The molecule has 8 heterocycles. The average molecular weight is 1240 g/mol. The van der Waals surface area contributed by atoms with E-state index in [1.165, 1.54) is 23.4 Å². The Labute approximate surface area is 521 Å². The fourth-order valence-electron chi connectivity index (χ4n) is 15.3. The zero-order chi connectivity index (χ0) is 61.6. The van der Waals surface area contributed by atoms with Crippen LogP contribution >= 0.6 is 0 Å². The largest absolute Gasteiger partial charge is 0.493 e. The van der Waals surface area contributed by atoms with E-state index in [1.54, 1.807) is 13.2 Å². The van der Waals surface area contributed by atoms with Gasteiger partial charge in [0.15, 0.2) is 11.6 Å². The van der Waals surface area contributed by atoms with Crippen molar-refractivity contribution in [2.45, 2.75) is 133 Å². The van der Waals surface area contributed by atoms with Gasteiger partial charge in [0.25, 0.3) is 21.6 Å². The van der Waals surface area contributed by atoms with Gasteiger partial charge in [-0.1, -0.05) is 32.0 Å². The second-order valence-corrected chi connectivity index (χ2v) is 28.3. The second-order valence-electron chi connectivity index (χ2n) is 26.6. The number of nitro benzene ring substituents is 1. The van der Waals surface area contributed by atoms with Gasteiger partial charge in [0.1, 0.15) is 23.1 Å². The number of hydrogen-bond donors (Lipinski definition) is 4. The molecule has 89 heavy (non-hydrogen) atoms. The van der Waals surface area contributed by atoms with Crippen LogP contribution in [-0.4, -0.2) is 154 Å². The van der Waals surface area contributed by atoms with Gasteiger partial charge in [0.05, 0.1) is 59.6 Å². The van der Waals surface area contributed by atoms with Gasteiger partial charge in [-0.05, 0) is 166 Å². The molecule has 7 aliphatic rings. The van der Waals surface area contributed by atoms with Crippen molar-refractivity contribution in [3.63, 3.8) is 0 Å². The maximum Gasteiger partial charge on any atom is 0.293 e. The van der Waals surface area contributed by atoms with Gasteiger partial charge >= 0.3 is 0 Å². The zero-order valence-corrected chi connectivity index (χ0v) is 52.5. The molecule has 5 aliphatic heterocycles. The number of fused-ring (bicyclic) bond motifs is 3. The van der Waals surface area contributed by atoms with Gasteiger partial charge in [0, 0.05) is 107 Å². The number of aliphatic hydroxyl groups is 1. The molecule has 6 aromatic rings. The third kappa shape index (κ3) is 12.7. The Kier molecular flexibility index (Phi) is 17.2. The lowest BCUT2D eigenvalue weighted by Gasteiger charge is -2.52. The third-order valence-corrected chi connectivity index (χ3v) is 21.9. The molecular weight excluding hydrogens is 1150 g/mol. The highest BCUT2D eigenvalue weighted by Gasteiger charge is 2.45. The smallest absolute Gasteiger partial charge is 0.293 e. The van der Waals surface area contributed by atoms with Gasteiger partial charge in [-0.15, -0.1) is 0 Å². The predicted octanol–water partition coefficient (Wildman–Crippen LogP) is 10.2. The van der Waals surface area contributed by atoms with Crippen LogP contribution in [-0.2, 0) is 26.0 Å². The fourth-order valence-corrected chi connectivity index (χ4v) is 16.3. The number of sulfonamides is 1. The number of ether oxygens (including phenoxy) is 4. The first-order chi connectivity index (χ1) is 43.0. The van der Waals surface area contributed by atoms with E-state index in [0.29, 0.717) is 93.0 Å². The average Bonchev–Trinajstić information content (AvgIpc) is 1.74. The molecule has 4 N–H and O–H groups in total. The van der Waals surface area contributed by atoms with Crippen LogP contribution in [0.15, 0.2) is 96.2 Å². The van der Waals surface area contributed by atoms with Crippen LogP contribution in [0.4, 0.5) is 39.9 Å². The van der Waals surface area contributed by atoms with Gasteiger partial charge in [-0.2, -0.15) is 4.98 Å². The highest BCUT2D eigenvalue weighted by molar-refractivity contribution is 7.90. The molecule has 3 aromatic carbocycles. The summed E-state index contributed by atoms with van der Waals surface area (Å²) in [6.07, 6.45) is 13.4. The lowest BCUT2D eigenvalue weighted by molar-refractivity contribution is -0.384. The van der Waals surface area contributed by atoms with E-state index >= 15 is 0 Å². The van der Waals surface area contributed by atoms with Crippen LogP contribution < -0.4 is 39.1 Å². The topological polar surface area (TPSA) is 233 Å². The SMILES string of the molecule is COc1cc(CN2CCN(c3ccccc3C(C)C)[C@H](C3CCC4(CC3)CCN(c3ccc(C(=O)NS(=O)(=O)c5ccc(NC[C@H]6CC[C@](C)(O)CC6)c([N+](=O)[O-])c5)c(N5c6cc7cc[nH]c7nc6O[C@H]6COCC[C@@H]65)c3)CC4)C2)cnc1N1CCOCC1. The quantitative estimate of drug-likeness (QED) is 0.0521. The highest BCUT2D eigenvalue weighted by Crippen LogP contribution is 2.51. The monoisotopic (exact) mass is 1240 g/mol. The number of aromatic nitrogens is 3. The Morgan fingerprint density at radius 2 is 1.64 bits per heavy atom. The summed E-state index contributed by atoms with van der Waals surface area (Å²) in [7, 11) is -2.91. The number of aromatic amines is 1. The summed E-state index contributed by atoms with van der Waals surface area (Å²) in [4.78, 5) is 51.6. The number of amides is 1. The lowest BCUT2D eigenvalue weighted by atomic mass is 9.64. The van der Waals surface area contributed by atoms with Crippen molar-refractivity contribution in [1.82, 2.24) is 24.6 Å². The molecule has 3 atom stereocenters. The molecule has 3 aromatic heterocycles. The van der Waals surface area contributed by atoms with Crippen LogP contribution in [0.1, 0.15) is 119 Å². The summed E-state index contributed by atoms with van der Waals surface area (Å²) in [6.45, 7) is 15.8. The van der Waals surface area contributed by atoms with E-state index < -0.39 is 43.1 Å². The Bertz CT molecular complexity index is 3660. The van der Waals surface area contributed by atoms with Crippen molar-refractivity contribution in [2.75, 3.05) is 111 Å². The molecule has 4 saturated heterocycles. The van der Waals surface area contributed by atoms with Crippen molar-refractivity contribution < 1.29 is 42.2 Å². The Balaban J connectivity index is 0.744. The van der Waals surface area contributed by atoms with Gasteiger partial charge < -0.3 is 54.0 Å². The van der Waals surface area contributed by atoms with E-state index in [-0.39, 0.29) is 28.6 Å². The van der Waals surface area contributed by atoms with Gasteiger partial charge in [-0.25, -0.2) is 18.1 Å². The van der Waals surface area contributed by atoms with E-state index in [0.717, 1.165) is 138 Å². The summed E-state index contributed by atoms with van der Waals surface area (Å²) in [5.41, 5.74) is 5.93. The van der Waals surface area contributed by atoms with Crippen LogP contribution in [0.3, 0.4) is 0 Å². The fraction of sp³-hybridized carbons (Fsp3) is 0.537. The van der Waals surface area contributed by atoms with Gasteiger partial charge in [0.2, 0.25) is 5.88 Å². The number of H-pyrrole nitrogens is 1. The maximum atomic E-state index is 14.9. The number of carbonyl (C=O) groups excluding carboxylic acids is 1. The molecule has 0 unspecified atom stereocenters. The summed E-state index contributed by atoms with van der Waals surface area (Å²) in [5, 5.41) is 27.0. The number of carbonyl (C=O) groups is 1. The van der Waals surface area contributed by atoms with Crippen molar-refractivity contribution in [3.05, 3.63) is 118 Å². The minimum Gasteiger partial charge on any atom is -0.493 e. The van der Waals surface area contributed by atoms with Crippen molar-refractivity contribution in [1.29, 1.82) is 0 Å². The zero-order valence-electron chi connectivity index (χ0n) is 51.7. The van der Waals surface area contributed by atoms with Crippen LogP contribution in [0.5, 0.6) is 11.6 Å². The predicted molar refractivity (Wildman–Crippen MR) is 344 cm³/mol. The summed E-state index contributed by atoms with van der Waals surface area (Å²) in [5.74, 6) is 2.27. The number of piperidine rings is 1. The number of nitro groups is 1. The normalized spacial score (nSPS) is 24.3. The molecular formula is C67H85N11O10S. The molecule has 21 nitrogen and oxygen atoms in total. The molecule has 13 rings (SSSR count). The number of hydrogen-bond acceptors (Lipinski definition) is 18. The standard InChI is InChI=1S/C67H85N11O10S/c1-44(2)51-7-5-6-8-54(51)76-29-28-73(41-46-35-60(85-4)63(70-40-46)75-30-33-86-34-31-75)42-59(76)47-15-21-67(22-16-47)23-26-74(27-24-67)49-9-11-52(56(37-49)77-55-18-32-87-43-61(55)88-65-58(77)36-48-17-25-68-62(48)71-65)64(79)72-89(83,84)50-10-12-53(57(38-50)78(81)82)69-39-45-13-19-66(3,80)20-14-45/h5-12,17,25,35-38,40,44-45,47,55,59,61,69,80H,13-16,18-24,26-34,39,41-43H2,1-4H3,(H,68,71)(H,72,79)/t45-,55-,59-,61-,66-/m0/s1. The van der Waals surface area contributed by atoms with Crippen molar-refractivity contribution in [3.8, 4) is 11.6 Å². The number of benzene rings is 3. The van der Waals surface area contributed by atoms with Crippen molar-refractivity contribution in [2.24, 2.45) is 17.3 Å². The highest BCUT2D eigenvalue weighted by atomic mass is 32.2. The molecule has 0 radical (unpaired) electrons. The van der Waals surface area contributed by atoms with Gasteiger partial charge in [-0.3, -0.25) is 19.8 Å². The number of nitrogens with one attached hydrogen (secondary N) is 3. The number of pyridine rings is 2. The van der Waals surface area contributed by atoms with E-state index in [9.17, 15) is 28.4 Å². The first-order valence-electron chi connectivity index (χ1n) is 32.2. The molecule has 2 saturated carbocycles. The third-order valence-electron chi connectivity index (χ3n) is 20.6. The molecule has 22 heteroatoms. The van der Waals surface area contributed by atoms with Crippen LogP contribution in [0.25, 0.3) is 11.0 Å². The Hall–Kier alpha value is -7.24. The molecule has 474 valence electrons. The number of methoxy groups -OCH3 is 1. The molecule has 6 fully saturated rings. The maximum absolute atomic E-state index is 14.9. The summed E-state index contributed by atoms with van der Waals surface area (Å²) in [6, 6.07) is 24.5. The Morgan fingerprint density at radius 3 is 2.40 bits per heavy atom. The lowest BCUT2D eigenvalue weighted by Crippen LogP contribution is -2.57. The number of para-hydroxylation sites is 1. The number of rotatable bonds is 16. The van der Waals surface area contributed by atoms with E-state index in [2.05, 4.69) is 83.7 Å². The number of anilines is 6. The summed E-state index contributed by atoms with van der Waals surface area (Å²) >= 11 is 0. The van der Waals surface area contributed by atoms with Crippen LogP contribution in [0.2, 0.25) is 0 Å². The molecule has 1 amide bonds. The molecule has 2 aliphatic carbocycles.